The lowest BCUT2D eigenvalue weighted by Crippen LogP contribution is -2.15. The predicted molar refractivity (Wildman–Crippen MR) is 76.3 cm³/mol. The van der Waals surface area contributed by atoms with Crippen molar-refractivity contribution in [1.82, 2.24) is 29.8 Å². The Labute approximate surface area is 120 Å². The lowest BCUT2D eigenvalue weighted by Gasteiger charge is -2.01. The van der Waals surface area contributed by atoms with Gasteiger partial charge in [-0.15, -0.1) is 5.10 Å². The smallest absolute Gasteiger partial charge is 0.295 e. The second kappa shape index (κ2) is 4.65. The van der Waals surface area contributed by atoms with E-state index in [4.69, 9.17) is 0 Å². The average molecular weight is 285 g/mol. The van der Waals surface area contributed by atoms with E-state index in [2.05, 4.69) is 30.6 Å². The molecular weight excluding hydrogens is 270 g/mol. The van der Waals surface area contributed by atoms with Crippen molar-refractivity contribution < 1.29 is 4.79 Å². The Hall–Kier alpha value is -2.77. The zero-order valence-electron chi connectivity index (χ0n) is 12.2. The number of hydrogen-bond acceptors (Lipinski definition) is 5. The standard InChI is InChI=1S/C13H15N7O/c1-6-5-7(2)20-13(14-6)16-11(19-20)12(21)15-10-8(3)17-18-9(10)4/h5H,1-4H3,(H,15,21)(H,17,18). The minimum absolute atomic E-state index is 0.0798. The molecule has 0 atom stereocenters. The molecule has 0 aliphatic carbocycles. The lowest BCUT2D eigenvalue weighted by atomic mass is 10.3. The van der Waals surface area contributed by atoms with E-state index >= 15 is 0 Å². The Balaban J connectivity index is 1.97. The number of nitrogens with zero attached hydrogens (tertiary/aromatic N) is 5. The number of H-pyrrole nitrogens is 1. The fourth-order valence-corrected chi connectivity index (χ4v) is 2.17. The zero-order valence-corrected chi connectivity index (χ0v) is 12.2. The van der Waals surface area contributed by atoms with Gasteiger partial charge in [0.2, 0.25) is 5.82 Å². The van der Waals surface area contributed by atoms with Crippen molar-refractivity contribution in [3.8, 4) is 0 Å². The molecule has 0 aromatic carbocycles. The third-order valence-corrected chi connectivity index (χ3v) is 3.19. The molecule has 0 unspecified atom stereocenters. The highest BCUT2D eigenvalue weighted by molar-refractivity contribution is 6.02. The molecule has 0 aliphatic heterocycles. The Bertz CT molecular complexity index is 826. The fraction of sp³-hybridized carbons (Fsp3) is 0.308. The van der Waals surface area contributed by atoms with E-state index in [1.165, 1.54) is 0 Å². The van der Waals surface area contributed by atoms with Crippen molar-refractivity contribution in [3.05, 3.63) is 34.7 Å². The first-order chi connectivity index (χ1) is 9.95. The van der Waals surface area contributed by atoms with Crippen LogP contribution in [0.1, 0.15) is 33.4 Å². The van der Waals surface area contributed by atoms with Gasteiger partial charge < -0.3 is 5.32 Å². The summed E-state index contributed by atoms with van der Waals surface area (Å²) in [7, 11) is 0. The van der Waals surface area contributed by atoms with Gasteiger partial charge in [0.1, 0.15) is 0 Å². The molecular formula is C13H15N7O. The average Bonchev–Trinajstić information content (AvgIpc) is 2.97. The lowest BCUT2D eigenvalue weighted by molar-refractivity contribution is 0.101. The van der Waals surface area contributed by atoms with Crippen LogP contribution in [0.5, 0.6) is 0 Å². The number of anilines is 1. The largest absolute Gasteiger partial charge is 0.316 e. The van der Waals surface area contributed by atoms with Gasteiger partial charge in [0, 0.05) is 11.4 Å². The summed E-state index contributed by atoms with van der Waals surface area (Å²) in [5, 5.41) is 13.8. The van der Waals surface area contributed by atoms with Crippen molar-refractivity contribution in [2.75, 3.05) is 5.32 Å². The molecule has 3 aromatic rings. The molecule has 0 radical (unpaired) electrons. The molecule has 8 heteroatoms. The molecule has 0 saturated heterocycles. The summed E-state index contributed by atoms with van der Waals surface area (Å²) in [6.45, 7) is 7.41. The zero-order chi connectivity index (χ0) is 15.1. The Kier molecular flexibility index (Phi) is 2.93. The number of hydrogen-bond donors (Lipinski definition) is 2. The van der Waals surface area contributed by atoms with Crippen LogP contribution in [0.4, 0.5) is 5.69 Å². The molecule has 3 aromatic heterocycles. The predicted octanol–water partition coefficient (Wildman–Crippen LogP) is 1.33. The maximum Gasteiger partial charge on any atom is 0.295 e. The number of amides is 1. The number of fused-ring (bicyclic) bond motifs is 1. The van der Waals surface area contributed by atoms with Crippen LogP contribution in [-0.2, 0) is 0 Å². The van der Waals surface area contributed by atoms with E-state index in [9.17, 15) is 4.79 Å². The van der Waals surface area contributed by atoms with Gasteiger partial charge >= 0.3 is 0 Å². The van der Waals surface area contributed by atoms with Crippen LogP contribution in [0, 0.1) is 27.7 Å². The summed E-state index contributed by atoms with van der Waals surface area (Å²) < 4.78 is 1.55. The summed E-state index contributed by atoms with van der Waals surface area (Å²) in [4.78, 5) is 20.7. The monoisotopic (exact) mass is 285 g/mol. The van der Waals surface area contributed by atoms with Gasteiger partial charge in [0.15, 0.2) is 0 Å². The maximum absolute atomic E-state index is 12.3. The van der Waals surface area contributed by atoms with E-state index in [-0.39, 0.29) is 11.7 Å². The summed E-state index contributed by atoms with van der Waals surface area (Å²) >= 11 is 0. The number of rotatable bonds is 2. The van der Waals surface area contributed by atoms with Gasteiger partial charge in [0.05, 0.1) is 17.1 Å². The third kappa shape index (κ3) is 2.24. The molecule has 2 N–H and O–H groups in total. The highest BCUT2D eigenvalue weighted by Gasteiger charge is 2.17. The van der Waals surface area contributed by atoms with Gasteiger partial charge in [-0.25, -0.2) is 9.50 Å². The van der Waals surface area contributed by atoms with Crippen LogP contribution < -0.4 is 5.32 Å². The summed E-state index contributed by atoms with van der Waals surface area (Å²) in [6, 6.07) is 1.88. The van der Waals surface area contributed by atoms with Crippen LogP contribution in [-0.4, -0.2) is 35.7 Å². The molecule has 1 amide bonds. The molecule has 0 fully saturated rings. The number of nitrogens with one attached hydrogen (secondary N) is 2. The number of aryl methyl sites for hydroxylation is 4. The molecule has 0 spiro atoms. The first kappa shape index (κ1) is 13.2. The quantitative estimate of drug-likeness (QED) is 0.739. The van der Waals surface area contributed by atoms with Gasteiger partial charge in [-0.1, -0.05) is 0 Å². The van der Waals surface area contributed by atoms with Crippen molar-refractivity contribution in [1.29, 1.82) is 0 Å². The highest BCUT2D eigenvalue weighted by atomic mass is 16.2. The van der Waals surface area contributed by atoms with E-state index < -0.39 is 0 Å². The molecule has 108 valence electrons. The molecule has 0 saturated carbocycles. The van der Waals surface area contributed by atoms with Crippen LogP contribution >= 0.6 is 0 Å². The van der Waals surface area contributed by atoms with Crippen molar-refractivity contribution >= 4 is 17.4 Å². The van der Waals surface area contributed by atoms with E-state index in [0.29, 0.717) is 11.5 Å². The molecule has 3 rings (SSSR count). The van der Waals surface area contributed by atoms with Crippen LogP contribution in [0.15, 0.2) is 6.07 Å². The van der Waals surface area contributed by atoms with E-state index in [0.717, 1.165) is 22.8 Å². The van der Waals surface area contributed by atoms with Crippen molar-refractivity contribution in [3.63, 3.8) is 0 Å². The third-order valence-electron chi connectivity index (χ3n) is 3.19. The topological polar surface area (TPSA) is 101 Å². The van der Waals surface area contributed by atoms with Crippen molar-refractivity contribution in [2.45, 2.75) is 27.7 Å². The first-order valence-electron chi connectivity index (χ1n) is 6.49. The molecule has 0 bridgehead atoms. The van der Waals surface area contributed by atoms with E-state index in [1.807, 2.05) is 33.8 Å². The number of aromatic nitrogens is 6. The summed E-state index contributed by atoms with van der Waals surface area (Å²) in [6.07, 6.45) is 0. The number of aromatic amines is 1. The first-order valence-corrected chi connectivity index (χ1v) is 6.49. The Morgan fingerprint density at radius 2 is 2.00 bits per heavy atom. The van der Waals surface area contributed by atoms with E-state index in [1.54, 1.807) is 4.52 Å². The Morgan fingerprint density at radius 1 is 1.24 bits per heavy atom. The molecule has 21 heavy (non-hydrogen) atoms. The summed E-state index contributed by atoms with van der Waals surface area (Å²) in [5.41, 5.74) is 3.87. The highest BCUT2D eigenvalue weighted by Crippen LogP contribution is 2.16. The normalized spacial score (nSPS) is 11.0. The van der Waals surface area contributed by atoms with Crippen LogP contribution in [0.3, 0.4) is 0 Å². The maximum atomic E-state index is 12.3. The minimum Gasteiger partial charge on any atom is -0.316 e. The second-order valence-electron chi connectivity index (χ2n) is 4.95. The van der Waals surface area contributed by atoms with Crippen LogP contribution in [0.2, 0.25) is 0 Å². The van der Waals surface area contributed by atoms with Gasteiger partial charge in [-0.2, -0.15) is 10.1 Å². The molecule has 3 heterocycles. The summed E-state index contributed by atoms with van der Waals surface area (Å²) in [5.74, 6) is 0.111. The molecule has 8 nitrogen and oxygen atoms in total. The van der Waals surface area contributed by atoms with Gasteiger partial charge in [0.25, 0.3) is 11.7 Å². The fourth-order valence-electron chi connectivity index (χ4n) is 2.17. The van der Waals surface area contributed by atoms with Gasteiger partial charge in [-0.3, -0.25) is 9.89 Å². The molecule has 0 aliphatic rings. The number of carbonyl (C=O) groups excluding carboxylic acids is 1. The minimum atomic E-state index is -0.384. The van der Waals surface area contributed by atoms with Crippen LogP contribution in [0.25, 0.3) is 5.78 Å². The SMILES string of the molecule is Cc1cc(C)n2nc(C(=O)Nc3c(C)n[nH]c3C)nc2n1. The van der Waals surface area contributed by atoms with Crippen molar-refractivity contribution in [2.24, 2.45) is 0 Å². The Morgan fingerprint density at radius 3 is 2.67 bits per heavy atom. The number of carbonyl (C=O) groups is 1. The second-order valence-corrected chi connectivity index (χ2v) is 4.95. The van der Waals surface area contributed by atoms with Gasteiger partial charge in [-0.05, 0) is 33.8 Å².